The van der Waals surface area contributed by atoms with Gasteiger partial charge in [-0.15, -0.1) is 11.3 Å². The molecule has 106 valence electrons. The second-order valence-electron chi connectivity index (χ2n) is 4.95. The summed E-state index contributed by atoms with van der Waals surface area (Å²) in [6, 6.07) is 13.4. The number of ether oxygens (including phenoxy) is 1. The van der Waals surface area contributed by atoms with Gasteiger partial charge in [-0.05, 0) is 43.2 Å². The van der Waals surface area contributed by atoms with Crippen LogP contribution in [0.1, 0.15) is 20.8 Å². The Bertz CT molecular complexity index is 816. The molecule has 0 bridgehead atoms. The van der Waals surface area contributed by atoms with Gasteiger partial charge in [0.15, 0.2) is 0 Å². The number of carbonyl (C=O) groups excluding carboxylic acids is 1. The second kappa shape index (κ2) is 5.51. The molecule has 0 radical (unpaired) electrons. The number of aryl methyl sites for hydroxylation is 2. The van der Waals surface area contributed by atoms with Crippen molar-refractivity contribution in [3.05, 3.63) is 63.5 Å². The van der Waals surface area contributed by atoms with E-state index in [0.717, 1.165) is 21.2 Å². The largest absolute Gasteiger partial charge is 0.422 e. The maximum Gasteiger partial charge on any atom is 0.355 e. The van der Waals surface area contributed by atoms with Crippen LogP contribution in [0.5, 0.6) is 5.75 Å². The van der Waals surface area contributed by atoms with Crippen LogP contribution in [0.25, 0.3) is 10.1 Å². The van der Waals surface area contributed by atoms with Crippen molar-refractivity contribution in [2.24, 2.45) is 0 Å². The summed E-state index contributed by atoms with van der Waals surface area (Å²) in [5, 5.41) is 1.35. The average Bonchev–Trinajstić information content (AvgIpc) is 2.76. The molecule has 0 unspecified atom stereocenters. The molecule has 3 rings (SSSR count). The summed E-state index contributed by atoms with van der Waals surface area (Å²) in [4.78, 5) is 12.8. The Labute approximate surface area is 131 Å². The van der Waals surface area contributed by atoms with Crippen molar-refractivity contribution in [1.82, 2.24) is 0 Å². The molecule has 0 saturated heterocycles. The lowest BCUT2D eigenvalue weighted by molar-refractivity contribution is 0.0740. The van der Waals surface area contributed by atoms with Crippen molar-refractivity contribution < 1.29 is 9.53 Å². The van der Waals surface area contributed by atoms with Crippen LogP contribution < -0.4 is 4.74 Å². The summed E-state index contributed by atoms with van der Waals surface area (Å²) >= 11 is 7.64. The summed E-state index contributed by atoms with van der Waals surface area (Å²) in [6.07, 6.45) is 0. The molecule has 2 aromatic carbocycles. The molecular formula is C17H13ClO2S. The zero-order valence-electron chi connectivity index (χ0n) is 11.6. The van der Waals surface area contributed by atoms with Gasteiger partial charge < -0.3 is 4.74 Å². The summed E-state index contributed by atoms with van der Waals surface area (Å²) in [6.45, 7) is 3.94. The van der Waals surface area contributed by atoms with E-state index in [2.05, 4.69) is 0 Å². The molecule has 0 saturated carbocycles. The molecule has 1 heterocycles. The minimum Gasteiger partial charge on any atom is -0.422 e. The Morgan fingerprint density at radius 2 is 1.76 bits per heavy atom. The van der Waals surface area contributed by atoms with Crippen LogP contribution in [0.15, 0.2) is 42.5 Å². The Kier molecular flexibility index (Phi) is 3.70. The molecule has 0 aliphatic rings. The van der Waals surface area contributed by atoms with E-state index in [4.69, 9.17) is 16.3 Å². The van der Waals surface area contributed by atoms with Crippen molar-refractivity contribution >= 4 is 39.0 Å². The van der Waals surface area contributed by atoms with Gasteiger partial charge in [-0.3, -0.25) is 0 Å². The van der Waals surface area contributed by atoms with E-state index in [-0.39, 0.29) is 0 Å². The minimum absolute atomic E-state index is 0.411. The highest BCUT2D eigenvalue weighted by molar-refractivity contribution is 7.21. The van der Waals surface area contributed by atoms with Crippen LogP contribution >= 0.6 is 22.9 Å². The number of carbonyl (C=O) groups is 1. The molecule has 0 amide bonds. The molecule has 0 fully saturated rings. The summed E-state index contributed by atoms with van der Waals surface area (Å²) < 4.78 is 6.44. The van der Waals surface area contributed by atoms with Crippen molar-refractivity contribution in [1.29, 1.82) is 0 Å². The van der Waals surface area contributed by atoms with E-state index >= 15 is 0 Å². The Balaban J connectivity index is 1.95. The van der Waals surface area contributed by atoms with Gasteiger partial charge in [-0.25, -0.2) is 4.79 Å². The fraction of sp³-hybridized carbons (Fsp3) is 0.118. The zero-order chi connectivity index (χ0) is 15.0. The molecule has 0 N–H and O–H groups in total. The quantitative estimate of drug-likeness (QED) is 0.468. The van der Waals surface area contributed by atoms with Crippen molar-refractivity contribution in [2.45, 2.75) is 13.8 Å². The third-order valence-electron chi connectivity index (χ3n) is 3.13. The molecule has 0 spiro atoms. The topological polar surface area (TPSA) is 26.3 Å². The molecule has 0 atom stereocenters. The van der Waals surface area contributed by atoms with Crippen LogP contribution in [-0.2, 0) is 0 Å². The average molecular weight is 317 g/mol. The smallest absolute Gasteiger partial charge is 0.355 e. The molecule has 0 aliphatic carbocycles. The number of thiophene rings is 1. The van der Waals surface area contributed by atoms with Gasteiger partial charge in [0, 0.05) is 10.1 Å². The van der Waals surface area contributed by atoms with Crippen LogP contribution in [0, 0.1) is 13.8 Å². The molecule has 0 aliphatic heterocycles. The Morgan fingerprint density at radius 3 is 2.43 bits per heavy atom. The molecule has 4 heteroatoms. The number of hydrogen-bond donors (Lipinski definition) is 0. The number of halogens is 1. The number of esters is 1. The standard InChI is InChI=1S/C17H13ClO2S/c1-10-7-11(2)9-12(8-10)20-17(19)16-15(18)13-5-3-4-6-14(13)21-16/h3-9H,1-2H3. The van der Waals surface area contributed by atoms with Gasteiger partial charge in [-0.1, -0.05) is 35.9 Å². The molecule has 3 aromatic rings. The maximum atomic E-state index is 12.3. The summed E-state index contributed by atoms with van der Waals surface area (Å²) in [5.74, 6) is 0.136. The third-order valence-corrected chi connectivity index (χ3v) is 4.78. The minimum atomic E-state index is -0.411. The van der Waals surface area contributed by atoms with E-state index in [1.807, 2.05) is 56.3 Å². The molecule has 1 aromatic heterocycles. The Hall–Kier alpha value is -1.84. The van der Waals surface area contributed by atoms with E-state index < -0.39 is 5.97 Å². The highest BCUT2D eigenvalue weighted by Crippen LogP contribution is 2.35. The van der Waals surface area contributed by atoms with E-state index in [1.165, 1.54) is 11.3 Å². The molecular weight excluding hydrogens is 304 g/mol. The van der Waals surface area contributed by atoms with Crippen LogP contribution in [0.2, 0.25) is 5.02 Å². The van der Waals surface area contributed by atoms with Gasteiger partial charge in [0.2, 0.25) is 0 Å². The molecule has 21 heavy (non-hydrogen) atoms. The molecule has 2 nitrogen and oxygen atoms in total. The second-order valence-corrected chi connectivity index (χ2v) is 6.38. The van der Waals surface area contributed by atoms with Crippen LogP contribution in [0.3, 0.4) is 0 Å². The predicted molar refractivity (Wildman–Crippen MR) is 87.7 cm³/mol. The number of hydrogen-bond acceptors (Lipinski definition) is 3. The maximum absolute atomic E-state index is 12.3. The van der Waals surface area contributed by atoms with Crippen LogP contribution in [0.4, 0.5) is 0 Å². The zero-order valence-corrected chi connectivity index (χ0v) is 13.2. The highest BCUT2D eigenvalue weighted by Gasteiger charge is 2.19. The number of fused-ring (bicyclic) bond motifs is 1. The van der Waals surface area contributed by atoms with Gasteiger partial charge in [-0.2, -0.15) is 0 Å². The third kappa shape index (κ3) is 2.80. The SMILES string of the molecule is Cc1cc(C)cc(OC(=O)c2sc3ccccc3c2Cl)c1. The van der Waals surface area contributed by atoms with Gasteiger partial charge in [0.25, 0.3) is 0 Å². The number of rotatable bonds is 2. The van der Waals surface area contributed by atoms with Crippen molar-refractivity contribution in [2.75, 3.05) is 0 Å². The summed E-state index contributed by atoms with van der Waals surface area (Å²) in [5.41, 5.74) is 2.11. The normalized spacial score (nSPS) is 10.8. The predicted octanol–water partition coefficient (Wildman–Crippen LogP) is 5.39. The first-order chi connectivity index (χ1) is 10.0. The Morgan fingerprint density at radius 1 is 1.10 bits per heavy atom. The number of benzene rings is 2. The lowest BCUT2D eigenvalue weighted by Gasteiger charge is -2.05. The van der Waals surface area contributed by atoms with Gasteiger partial charge >= 0.3 is 5.97 Å². The van der Waals surface area contributed by atoms with Gasteiger partial charge in [0.1, 0.15) is 10.6 Å². The first-order valence-electron chi connectivity index (χ1n) is 6.52. The van der Waals surface area contributed by atoms with E-state index in [1.54, 1.807) is 0 Å². The highest BCUT2D eigenvalue weighted by atomic mass is 35.5. The summed E-state index contributed by atoms with van der Waals surface area (Å²) in [7, 11) is 0. The monoisotopic (exact) mass is 316 g/mol. The lowest BCUT2D eigenvalue weighted by Crippen LogP contribution is -2.07. The first kappa shape index (κ1) is 14.1. The van der Waals surface area contributed by atoms with Crippen molar-refractivity contribution in [3.8, 4) is 5.75 Å². The van der Waals surface area contributed by atoms with Crippen LogP contribution in [-0.4, -0.2) is 5.97 Å². The van der Waals surface area contributed by atoms with Gasteiger partial charge in [0.05, 0.1) is 5.02 Å². The van der Waals surface area contributed by atoms with E-state index in [9.17, 15) is 4.79 Å². The van der Waals surface area contributed by atoms with E-state index in [0.29, 0.717) is 15.6 Å². The first-order valence-corrected chi connectivity index (χ1v) is 7.71. The van der Waals surface area contributed by atoms with Crippen molar-refractivity contribution in [3.63, 3.8) is 0 Å². The lowest BCUT2D eigenvalue weighted by atomic mass is 10.1. The fourth-order valence-electron chi connectivity index (χ4n) is 2.29. The fourth-order valence-corrected chi connectivity index (χ4v) is 3.68.